The largest absolute Gasteiger partial charge is 0.486 e. The number of nitro groups is 1. The van der Waals surface area contributed by atoms with Crippen molar-refractivity contribution in [2.45, 2.75) is 20.1 Å². The predicted octanol–water partition coefficient (Wildman–Crippen LogP) is 3.03. The lowest BCUT2D eigenvalue weighted by atomic mass is 10.3. The molecule has 0 aliphatic heterocycles. The lowest BCUT2D eigenvalue weighted by molar-refractivity contribution is -0.384. The van der Waals surface area contributed by atoms with Crippen molar-refractivity contribution in [3.8, 4) is 5.75 Å². The lowest BCUT2D eigenvalue weighted by Crippen LogP contribution is -2.25. The number of nitro benzene ring substituents is 1. The van der Waals surface area contributed by atoms with Gasteiger partial charge in [-0.05, 0) is 19.9 Å². The molecule has 0 saturated carbocycles. The van der Waals surface area contributed by atoms with E-state index in [1.807, 2.05) is 13.8 Å². The van der Waals surface area contributed by atoms with Crippen molar-refractivity contribution in [2.75, 3.05) is 19.8 Å². The van der Waals surface area contributed by atoms with Crippen LogP contribution in [-0.4, -0.2) is 31.0 Å². The van der Waals surface area contributed by atoms with Crippen molar-refractivity contribution in [3.63, 3.8) is 0 Å². The van der Waals surface area contributed by atoms with E-state index in [4.69, 9.17) is 25.8 Å². The van der Waals surface area contributed by atoms with Crippen molar-refractivity contribution in [3.05, 3.63) is 33.3 Å². The SMILES string of the molecule is CCOC(COc1cc([N+](=O)[O-])ccc1Cl)OCC. The van der Waals surface area contributed by atoms with Crippen molar-refractivity contribution >= 4 is 17.3 Å². The second kappa shape index (κ2) is 7.93. The van der Waals surface area contributed by atoms with Crippen LogP contribution in [0.25, 0.3) is 0 Å². The number of halogens is 1. The smallest absolute Gasteiger partial charge is 0.273 e. The molecule has 0 fully saturated rings. The molecule has 0 spiro atoms. The van der Waals surface area contributed by atoms with Gasteiger partial charge >= 0.3 is 0 Å². The standard InChI is InChI=1S/C12H16ClNO5/c1-3-17-12(18-4-2)8-19-11-7-9(14(15)16)5-6-10(11)13/h5-7,12H,3-4,8H2,1-2H3. The van der Waals surface area contributed by atoms with Gasteiger partial charge in [0.15, 0.2) is 6.29 Å². The van der Waals surface area contributed by atoms with E-state index >= 15 is 0 Å². The van der Waals surface area contributed by atoms with E-state index in [1.165, 1.54) is 18.2 Å². The Hall–Kier alpha value is -1.37. The van der Waals surface area contributed by atoms with Crippen LogP contribution >= 0.6 is 11.6 Å². The fourth-order valence-corrected chi connectivity index (χ4v) is 1.56. The average molecular weight is 290 g/mol. The fourth-order valence-electron chi connectivity index (χ4n) is 1.39. The maximum absolute atomic E-state index is 10.7. The number of hydrogen-bond acceptors (Lipinski definition) is 5. The normalized spacial score (nSPS) is 10.7. The molecule has 1 rings (SSSR count). The first-order valence-electron chi connectivity index (χ1n) is 5.88. The summed E-state index contributed by atoms with van der Waals surface area (Å²) in [4.78, 5) is 10.2. The molecule has 0 atom stereocenters. The van der Waals surface area contributed by atoms with E-state index in [-0.39, 0.29) is 18.0 Å². The minimum absolute atomic E-state index is 0.0798. The van der Waals surface area contributed by atoms with Crippen LogP contribution in [0.15, 0.2) is 18.2 Å². The molecule has 1 aromatic carbocycles. The zero-order valence-corrected chi connectivity index (χ0v) is 11.6. The first kappa shape index (κ1) is 15.7. The Morgan fingerprint density at radius 1 is 1.32 bits per heavy atom. The Morgan fingerprint density at radius 3 is 2.47 bits per heavy atom. The molecule has 0 aliphatic carbocycles. The molecule has 7 heteroatoms. The molecule has 0 unspecified atom stereocenters. The van der Waals surface area contributed by atoms with Gasteiger partial charge in [-0.1, -0.05) is 11.6 Å². The Kier molecular flexibility index (Phi) is 6.55. The maximum Gasteiger partial charge on any atom is 0.273 e. The molecule has 0 amide bonds. The third kappa shape index (κ3) is 5.02. The Bertz CT molecular complexity index is 421. The van der Waals surface area contributed by atoms with E-state index in [9.17, 15) is 10.1 Å². The Labute approximate surface area is 116 Å². The van der Waals surface area contributed by atoms with Gasteiger partial charge in [0, 0.05) is 19.3 Å². The van der Waals surface area contributed by atoms with Crippen LogP contribution in [0.3, 0.4) is 0 Å². The quantitative estimate of drug-likeness (QED) is 0.418. The minimum Gasteiger partial charge on any atom is -0.486 e. The summed E-state index contributed by atoms with van der Waals surface area (Å²) in [7, 11) is 0. The first-order chi connectivity index (χ1) is 9.08. The van der Waals surface area contributed by atoms with Gasteiger partial charge in [0.05, 0.1) is 16.0 Å². The highest BCUT2D eigenvalue weighted by molar-refractivity contribution is 6.32. The summed E-state index contributed by atoms with van der Waals surface area (Å²) in [5.41, 5.74) is -0.0798. The monoisotopic (exact) mass is 289 g/mol. The molecule has 106 valence electrons. The van der Waals surface area contributed by atoms with E-state index in [1.54, 1.807) is 0 Å². The third-order valence-electron chi connectivity index (χ3n) is 2.21. The van der Waals surface area contributed by atoms with Crippen LogP contribution in [0.2, 0.25) is 5.02 Å². The molecule has 6 nitrogen and oxygen atoms in total. The van der Waals surface area contributed by atoms with Gasteiger partial charge in [-0.15, -0.1) is 0 Å². The molecule has 19 heavy (non-hydrogen) atoms. The zero-order valence-electron chi connectivity index (χ0n) is 10.8. The van der Waals surface area contributed by atoms with Crippen molar-refractivity contribution in [2.24, 2.45) is 0 Å². The highest BCUT2D eigenvalue weighted by atomic mass is 35.5. The van der Waals surface area contributed by atoms with Gasteiger partial charge in [-0.25, -0.2) is 0 Å². The van der Waals surface area contributed by atoms with Crippen LogP contribution in [0.1, 0.15) is 13.8 Å². The number of non-ortho nitro benzene ring substituents is 1. The summed E-state index contributed by atoms with van der Waals surface area (Å²) in [6.07, 6.45) is -0.523. The number of rotatable bonds is 8. The summed E-state index contributed by atoms with van der Waals surface area (Å²) in [5.74, 6) is 0.236. The molecule has 0 saturated heterocycles. The van der Waals surface area contributed by atoms with Crippen molar-refractivity contribution < 1.29 is 19.1 Å². The number of ether oxygens (including phenoxy) is 3. The van der Waals surface area contributed by atoms with Crippen LogP contribution in [0, 0.1) is 10.1 Å². The second-order valence-electron chi connectivity index (χ2n) is 3.52. The highest BCUT2D eigenvalue weighted by Gasteiger charge is 2.14. The van der Waals surface area contributed by atoms with E-state index in [0.717, 1.165) is 0 Å². The van der Waals surface area contributed by atoms with Crippen LogP contribution in [-0.2, 0) is 9.47 Å². The maximum atomic E-state index is 10.7. The molecular weight excluding hydrogens is 274 g/mol. The molecule has 0 N–H and O–H groups in total. The first-order valence-corrected chi connectivity index (χ1v) is 6.26. The van der Waals surface area contributed by atoms with Crippen LogP contribution in [0.5, 0.6) is 5.75 Å². The minimum atomic E-state index is -0.523. The van der Waals surface area contributed by atoms with E-state index in [0.29, 0.717) is 18.2 Å². The van der Waals surface area contributed by atoms with Crippen LogP contribution in [0.4, 0.5) is 5.69 Å². The molecule has 0 aromatic heterocycles. The highest BCUT2D eigenvalue weighted by Crippen LogP contribution is 2.29. The third-order valence-corrected chi connectivity index (χ3v) is 2.52. The number of nitrogens with zero attached hydrogens (tertiary/aromatic N) is 1. The van der Waals surface area contributed by atoms with E-state index in [2.05, 4.69) is 0 Å². The van der Waals surface area contributed by atoms with Gasteiger partial charge in [-0.2, -0.15) is 0 Å². The predicted molar refractivity (Wildman–Crippen MR) is 70.6 cm³/mol. The molecule has 0 bridgehead atoms. The van der Waals surface area contributed by atoms with Crippen molar-refractivity contribution in [1.29, 1.82) is 0 Å². The topological polar surface area (TPSA) is 70.8 Å². The molecule has 1 aromatic rings. The summed E-state index contributed by atoms with van der Waals surface area (Å²) in [6.45, 7) is 4.76. The van der Waals surface area contributed by atoms with Gasteiger partial charge in [0.1, 0.15) is 12.4 Å². The summed E-state index contributed by atoms with van der Waals surface area (Å²) in [5, 5.41) is 11.0. The molecule has 0 heterocycles. The zero-order chi connectivity index (χ0) is 14.3. The Balaban J connectivity index is 2.69. The Morgan fingerprint density at radius 2 is 1.95 bits per heavy atom. The lowest BCUT2D eigenvalue weighted by Gasteiger charge is -2.17. The number of hydrogen-bond donors (Lipinski definition) is 0. The fraction of sp³-hybridized carbons (Fsp3) is 0.500. The van der Waals surface area contributed by atoms with Gasteiger partial charge in [-0.3, -0.25) is 10.1 Å². The number of benzene rings is 1. The molecule has 0 radical (unpaired) electrons. The average Bonchev–Trinajstić information content (AvgIpc) is 2.37. The van der Waals surface area contributed by atoms with Crippen LogP contribution < -0.4 is 4.74 Å². The second-order valence-corrected chi connectivity index (χ2v) is 3.93. The summed E-state index contributed by atoms with van der Waals surface area (Å²) >= 11 is 5.91. The summed E-state index contributed by atoms with van der Waals surface area (Å²) in [6, 6.07) is 4.01. The molecular formula is C12H16ClNO5. The molecule has 0 aliphatic rings. The van der Waals surface area contributed by atoms with Gasteiger partial charge < -0.3 is 14.2 Å². The van der Waals surface area contributed by atoms with Gasteiger partial charge in [0.25, 0.3) is 5.69 Å². The van der Waals surface area contributed by atoms with Gasteiger partial charge in [0.2, 0.25) is 0 Å². The van der Waals surface area contributed by atoms with Crippen molar-refractivity contribution in [1.82, 2.24) is 0 Å². The van der Waals surface area contributed by atoms with E-state index < -0.39 is 11.2 Å². The summed E-state index contributed by atoms with van der Waals surface area (Å²) < 4.78 is 16.0.